The third-order valence-corrected chi connectivity index (χ3v) is 8.70. The Morgan fingerprint density at radius 2 is 0.906 bits per heavy atom. The van der Waals surface area contributed by atoms with Gasteiger partial charge in [0.05, 0.1) is 7.11 Å². The van der Waals surface area contributed by atoms with Gasteiger partial charge >= 0.3 is 5.97 Å². The van der Waals surface area contributed by atoms with E-state index in [1.54, 1.807) is 18.5 Å². The summed E-state index contributed by atoms with van der Waals surface area (Å²) < 4.78 is 4.14. The molecule has 0 N–H and O–H groups in total. The molecule has 0 bridgehead atoms. The number of carbonyl (C=O) groups excluding carboxylic acids is 1. The van der Waals surface area contributed by atoms with E-state index in [1.807, 2.05) is 0 Å². The summed E-state index contributed by atoms with van der Waals surface area (Å²) in [4.78, 5) is 9.84. The first-order chi connectivity index (χ1) is 15.2. The highest BCUT2D eigenvalue weighted by molar-refractivity contribution is 7.57. The van der Waals surface area contributed by atoms with Gasteiger partial charge in [-0.15, -0.1) is 20.3 Å². The Balaban J connectivity index is -0.00000105. The van der Waals surface area contributed by atoms with Crippen LogP contribution in [0.15, 0.2) is 12.7 Å². The first-order valence-electron chi connectivity index (χ1n) is 13.6. The van der Waals surface area contributed by atoms with Gasteiger partial charge in [-0.3, -0.25) is 0 Å². The molecule has 0 heterocycles. The molecule has 0 rings (SSSR count). The van der Waals surface area contributed by atoms with Gasteiger partial charge in [0, 0.05) is 6.08 Å². The van der Waals surface area contributed by atoms with E-state index in [0.717, 1.165) is 6.08 Å². The highest BCUT2D eigenvalue weighted by Crippen LogP contribution is 2.39. The number of rotatable bonds is 22. The van der Waals surface area contributed by atoms with Crippen LogP contribution in [0.2, 0.25) is 0 Å². The zero-order valence-corrected chi connectivity index (χ0v) is 24.0. The number of hydrogen-bond donors (Lipinski definition) is 0. The molecule has 0 saturated heterocycles. The Hall–Kier alpha value is -0.0700. The summed E-state index contributed by atoms with van der Waals surface area (Å²) in [6, 6.07) is 0. The van der Waals surface area contributed by atoms with Crippen molar-refractivity contribution in [2.75, 3.05) is 25.6 Å². The molecule has 0 atom stereocenters. The molecule has 0 aromatic rings. The van der Waals surface area contributed by atoms with Gasteiger partial charge in [0.25, 0.3) is 0 Å². The summed E-state index contributed by atoms with van der Waals surface area (Å²) in [5.41, 5.74) is 0. The van der Waals surface area contributed by atoms with Crippen LogP contribution in [0.5, 0.6) is 0 Å². The minimum absolute atomic E-state index is 0. The third kappa shape index (κ3) is 32.1. The van der Waals surface area contributed by atoms with Gasteiger partial charge in [-0.2, -0.15) is 0 Å². The van der Waals surface area contributed by atoms with Crippen LogP contribution in [0.25, 0.3) is 0 Å². The molecule has 0 aromatic heterocycles. The average Bonchev–Trinajstić information content (AvgIpc) is 2.79. The zero-order valence-electron chi connectivity index (χ0n) is 22.3. The molecule has 0 radical (unpaired) electrons. The lowest BCUT2D eigenvalue weighted by atomic mass is 10.1. The summed E-state index contributed by atoms with van der Waals surface area (Å²) in [6.45, 7) is 10.1. The van der Waals surface area contributed by atoms with E-state index in [1.165, 1.54) is 123 Å². The molecule has 0 saturated carbocycles. The first-order valence-corrected chi connectivity index (χ1v) is 15.5. The summed E-state index contributed by atoms with van der Waals surface area (Å²) in [5.74, 6) is -0.394. The molecule has 0 aliphatic heterocycles. The van der Waals surface area contributed by atoms with E-state index >= 15 is 0 Å². The molecule has 0 aromatic carbocycles. The highest BCUT2D eigenvalue weighted by Gasteiger charge is 2.07. The standard InChI is InChI=1S/C24H51P.C4H6O2.ClH/c1-4-7-10-13-16-19-22-25(23-20-17-14-11-8-5-2)24-21-18-15-12-9-6-3;1-3-4(5)6-2;/h4-24H2,1-3H3;3H,1H2,2H3;1H. The number of hydrogen-bond acceptors (Lipinski definition) is 2. The summed E-state index contributed by atoms with van der Waals surface area (Å²) in [5, 5.41) is 0. The molecule has 194 valence electrons. The summed E-state index contributed by atoms with van der Waals surface area (Å²) in [7, 11) is 1.68. The molecule has 0 spiro atoms. The largest absolute Gasteiger partial charge is 0.466 e. The van der Waals surface area contributed by atoms with Crippen molar-refractivity contribution in [1.29, 1.82) is 0 Å². The van der Waals surface area contributed by atoms with Crippen LogP contribution in [0, 0.1) is 0 Å². The van der Waals surface area contributed by atoms with Gasteiger partial charge in [-0.05, 0) is 37.7 Å². The molecular formula is C28H58ClO2P. The Morgan fingerprint density at radius 1 is 0.625 bits per heavy atom. The van der Waals surface area contributed by atoms with Crippen LogP contribution in [0.4, 0.5) is 0 Å². The smallest absolute Gasteiger partial charge is 0.329 e. The minimum Gasteiger partial charge on any atom is -0.466 e. The third-order valence-electron chi connectivity index (χ3n) is 5.85. The van der Waals surface area contributed by atoms with E-state index < -0.39 is 5.97 Å². The number of esters is 1. The number of methoxy groups -OCH3 is 1. The minimum atomic E-state index is -0.394. The zero-order chi connectivity index (χ0) is 23.4. The molecular weight excluding hydrogens is 435 g/mol. The highest BCUT2D eigenvalue weighted by atomic mass is 35.5. The number of halogens is 1. The van der Waals surface area contributed by atoms with E-state index in [4.69, 9.17) is 0 Å². The van der Waals surface area contributed by atoms with E-state index in [-0.39, 0.29) is 12.4 Å². The molecule has 32 heavy (non-hydrogen) atoms. The van der Waals surface area contributed by atoms with Crippen molar-refractivity contribution in [3.05, 3.63) is 12.7 Å². The number of carbonyl (C=O) groups is 1. The van der Waals surface area contributed by atoms with Crippen LogP contribution < -0.4 is 0 Å². The normalized spacial score (nSPS) is 10.3. The van der Waals surface area contributed by atoms with Crippen LogP contribution in [-0.4, -0.2) is 31.6 Å². The maximum absolute atomic E-state index is 9.84. The predicted octanol–water partition coefficient (Wildman–Crippen LogP) is 10.3. The van der Waals surface area contributed by atoms with Crippen LogP contribution in [0.3, 0.4) is 0 Å². The van der Waals surface area contributed by atoms with Crippen molar-refractivity contribution in [1.82, 2.24) is 0 Å². The lowest BCUT2D eigenvalue weighted by molar-refractivity contribution is -0.134. The number of ether oxygens (including phenoxy) is 1. The molecule has 0 fully saturated rings. The van der Waals surface area contributed by atoms with E-state index in [2.05, 4.69) is 32.1 Å². The quantitative estimate of drug-likeness (QED) is 0.0649. The van der Waals surface area contributed by atoms with Crippen LogP contribution in [0.1, 0.15) is 136 Å². The van der Waals surface area contributed by atoms with Gasteiger partial charge in [0.2, 0.25) is 0 Å². The molecule has 0 aliphatic rings. The van der Waals surface area contributed by atoms with E-state index in [0.29, 0.717) is 7.92 Å². The number of unbranched alkanes of at least 4 members (excludes halogenated alkanes) is 15. The predicted molar refractivity (Wildman–Crippen MR) is 151 cm³/mol. The average molecular weight is 493 g/mol. The Labute approximate surface area is 210 Å². The van der Waals surface area contributed by atoms with Crippen LogP contribution >= 0.6 is 20.3 Å². The second-order valence-corrected chi connectivity index (χ2v) is 11.6. The fourth-order valence-electron chi connectivity index (χ4n) is 3.77. The van der Waals surface area contributed by atoms with Gasteiger partial charge < -0.3 is 4.74 Å². The molecule has 2 nitrogen and oxygen atoms in total. The monoisotopic (exact) mass is 492 g/mol. The maximum Gasteiger partial charge on any atom is 0.329 e. The Kier molecular flexibility index (Phi) is 37.8. The summed E-state index contributed by atoms with van der Waals surface area (Å²) >= 11 is 0. The van der Waals surface area contributed by atoms with Gasteiger partial charge in [0.15, 0.2) is 0 Å². The van der Waals surface area contributed by atoms with Gasteiger partial charge in [-0.25, -0.2) is 4.79 Å². The lowest BCUT2D eigenvalue weighted by Crippen LogP contribution is -1.97. The molecule has 0 aliphatic carbocycles. The summed E-state index contributed by atoms with van der Waals surface area (Å²) in [6.07, 6.45) is 32.4. The SMILES string of the molecule is C=CC(=O)OC.CCCCCCCCP(CCCCCCCC)CCCCCCCC.Cl. The molecule has 4 heteroatoms. The Morgan fingerprint density at radius 3 is 1.12 bits per heavy atom. The van der Waals surface area contributed by atoms with Crippen LogP contribution in [-0.2, 0) is 9.53 Å². The van der Waals surface area contributed by atoms with Crippen molar-refractivity contribution in [3.63, 3.8) is 0 Å². The van der Waals surface area contributed by atoms with Crippen molar-refractivity contribution in [2.24, 2.45) is 0 Å². The topological polar surface area (TPSA) is 26.3 Å². The van der Waals surface area contributed by atoms with E-state index in [9.17, 15) is 4.79 Å². The molecule has 0 amide bonds. The van der Waals surface area contributed by atoms with Crippen molar-refractivity contribution in [2.45, 2.75) is 136 Å². The van der Waals surface area contributed by atoms with Gasteiger partial charge in [0.1, 0.15) is 0 Å². The fourth-order valence-corrected chi connectivity index (χ4v) is 6.45. The van der Waals surface area contributed by atoms with Crippen molar-refractivity contribution >= 4 is 26.3 Å². The lowest BCUT2D eigenvalue weighted by Gasteiger charge is -2.18. The van der Waals surface area contributed by atoms with Crippen molar-refractivity contribution < 1.29 is 9.53 Å². The first kappa shape index (κ1) is 36.5. The maximum atomic E-state index is 9.84. The van der Waals surface area contributed by atoms with Gasteiger partial charge in [-0.1, -0.05) is 124 Å². The van der Waals surface area contributed by atoms with Crippen molar-refractivity contribution in [3.8, 4) is 0 Å². The molecule has 0 unspecified atom stereocenters. The Bertz CT molecular complexity index is 325. The fraction of sp³-hybridized carbons (Fsp3) is 0.893. The second kappa shape index (κ2) is 33.1. The second-order valence-electron chi connectivity index (χ2n) is 8.87.